The monoisotopic (exact) mass is 458 g/mol. The van der Waals surface area contributed by atoms with Crippen molar-refractivity contribution in [1.82, 2.24) is 14.5 Å². The van der Waals surface area contributed by atoms with Gasteiger partial charge >= 0.3 is 0 Å². The van der Waals surface area contributed by atoms with Gasteiger partial charge in [0.25, 0.3) is 11.8 Å². The highest BCUT2D eigenvalue weighted by atomic mass is 16.5. The second-order valence-electron chi connectivity index (χ2n) is 9.42. The molecule has 2 saturated heterocycles. The van der Waals surface area contributed by atoms with Crippen LogP contribution in [0.3, 0.4) is 0 Å². The first-order valence-electron chi connectivity index (χ1n) is 11.9. The van der Waals surface area contributed by atoms with Crippen molar-refractivity contribution in [2.75, 3.05) is 31.1 Å². The van der Waals surface area contributed by atoms with Crippen LogP contribution >= 0.6 is 0 Å². The van der Waals surface area contributed by atoms with E-state index in [0.29, 0.717) is 26.2 Å². The number of morpholine rings is 1. The number of likely N-dealkylation sites (tertiary alicyclic amines) is 1. The average Bonchev–Trinajstić information content (AvgIpc) is 3.39. The predicted octanol–water partition coefficient (Wildman–Crippen LogP) is 3.61. The number of hydrogen-bond donors (Lipinski definition) is 0. The molecule has 1 atom stereocenters. The summed E-state index contributed by atoms with van der Waals surface area (Å²) in [4.78, 5) is 33.6. The lowest BCUT2D eigenvalue weighted by atomic mass is 9.80. The van der Waals surface area contributed by atoms with E-state index in [1.165, 1.54) is 0 Å². The molecule has 2 aliphatic rings. The van der Waals surface area contributed by atoms with Crippen molar-refractivity contribution in [2.24, 2.45) is 5.92 Å². The Morgan fingerprint density at radius 1 is 1.12 bits per heavy atom. The van der Waals surface area contributed by atoms with Gasteiger partial charge in [-0.15, -0.1) is 0 Å². The zero-order chi connectivity index (χ0) is 23.5. The van der Waals surface area contributed by atoms with Gasteiger partial charge in [0.05, 0.1) is 18.5 Å². The van der Waals surface area contributed by atoms with Crippen molar-refractivity contribution in [3.8, 4) is 0 Å². The Kier molecular flexibility index (Phi) is 6.20. The smallest absolute Gasteiger partial charge is 0.253 e. The summed E-state index contributed by atoms with van der Waals surface area (Å²) in [5, 5.41) is 0. The molecule has 0 bridgehead atoms. The maximum absolute atomic E-state index is 13.2. The van der Waals surface area contributed by atoms with Crippen molar-refractivity contribution in [3.05, 3.63) is 84.4 Å². The van der Waals surface area contributed by atoms with Crippen LogP contribution in [0, 0.1) is 5.92 Å². The SMILES string of the molecule is CC1(C2CCN(C(=O)c3cccc(Cn4ccnc4)c3)CC2)CN(c2ccccc2)C(=O)CO1. The topological polar surface area (TPSA) is 67.7 Å². The van der Waals surface area contributed by atoms with E-state index in [4.69, 9.17) is 4.74 Å². The van der Waals surface area contributed by atoms with Crippen molar-refractivity contribution in [3.63, 3.8) is 0 Å². The van der Waals surface area contributed by atoms with Crippen LogP contribution in [0.5, 0.6) is 0 Å². The quantitative estimate of drug-likeness (QED) is 0.586. The third-order valence-electron chi connectivity index (χ3n) is 7.11. The number of amides is 2. The molecule has 3 aromatic rings. The lowest BCUT2D eigenvalue weighted by Crippen LogP contribution is -2.58. The number of para-hydroxylation sites is 1. The van der Waals surface area contributed by atoms with Crippen LogP contribution in [-0.2, 0) is 16.1 Å². The third kappa shape index (κ3) is 4.61. The number of carbonyl (C=O) groups is 2. The summed E-state index contributed by atoms with van der Waals surface area (Å²) < 4.78 is 8.10. The van der Waals surface area contributed by atoms with E-state index >= 15 is 0 Å². The standard InChI is InChI=1S/C27H30N4O3/c1-27(19-31(25(32)18-34-27)24-8-3-2-4-9-24)23-10-13-30(14-11-23)26(33)22-7-5-6-21(16-22)17-29-15-12-28-20-29/h2-9,12,15-16,20,23H,10-11,13-14,17-19H2,1H3. The lowest BCUT2D eigenvalue weighted by Gasteiger charge is -2.47. The van der Waals surface area contributed by atoms with E-state index in [2.05, 4.69) is 11.9 Å². The van der Waals surface area contributed by atoms with Gasteiger partial charge in [-0.05, 0) is 55.5 Å². The first-order valence-corrected chi connectivity index (χ1v) is 11.9. The molecular weight excluding hydrogens is 428 g/mol. The molecule has 176 valence electrons. The van der Waals surface area contributed by atoms with E-state index in [0.717, 1.165) is 29.7 Å². The number of rotatable bonds is 5. The maximum Gasteiger partial charge on any atom is 0.253 e. The Morgan fingerprint density at radius 3 is 2.65 bits per heavy atom. The fourth-order valence-corrected chi connectivity index (χ4v) is 5.11. The maximum atomic E-state index is 13.2. The minimum atomic E-state index is -0.427. The van der Waals surface area contributed by atoms with Crippen LogP contribution in [0.2, 0.25) is 0 Å². The summed E-state index contributed by atoms with van der Waals surface area (Å²) in [6, 6.07) is 17.6. The zero-order valence-electron chi connectivity index (χ0n) is 19.5. The predicted molar refractivity (Wildman–Crippen MR) is 130 cm³/mol. The molecule has 7 nitrogen and oxygen atoms in total. The third-order valence-corrected chi connectivity index (χ3v) is 7.11. The number of ether oxygens (including phenoxy) is 1. The van der Waals surface area contributed by atoms with Crippen molar-refractivity contribution in [2.45, 2.75) is 31.9 Å². The Hall–Kier alpha value is -3.45. The van der Waals surface area contributed by atoms with Gasteiger partial charge in [-0.3, -0.25) is 9.59 Å². The molecule has 2 amide bonds. The van der Waals surface area contributed by atoms with E-state index in [1.807, 2.05) is 75.2 Å². The van der Waals surface area contributed by atoms with Crippen LogP contribution in [0.15, 0.2) is 73.3 Å². The fraction of sp³-hybridized carbons (Fsp3) is 0.370. The van der Waals surface area contributed by atoms with Crippen molar-refractivity contribution in [1.29, 1.82) is 0 Å². The van der Waals surface area contributed by atoms with Gasteiger partial charge in [0.2, 0.25) is 0 Å². The molecule has 7 heteroatoms. The number of nitrogens with zero attached hydrogens (tertiary/aromatic N) is 4. The first kappa shape index (κ1) is 22.3. The molecule has 2 aromatic carbocycles. The summed E-state index contributed by atoms with van der Waals surface area (Å²) in [6.45, 7) is 4.80. The number of carbonyl (C=O) groups excluding carboxylic acids is 2. The lowest BCUT2D eigenvalue weighted by molar-refractivity contribution is -0.145. The number of benzene rings is 2. The summed E-state index contributed by atoms with van der Waals surface area (Å²) >= 11 is 0. The van der Waals surface area contributed by atoms with E-state index in [-0.39, 0.29) is 24.3 Å². The van der Waals surface area contributed by atoms with Gasteiger partial charge in [0.15, 0.2) is 0 Å². The van der Waals surface area contributed by atoms with Crippen LogP contribution in [-0.4, -0.2) is 58.1 Å². The van der Waals surface area contributed by atoms with E-state index < -0.39 is 5.60 Å². The normalized spacial score (nSPS) is 21.6. The molecular formula is C27H30N4O3. The highest BCUT2D eigenvalue weighted by Crippen LogP contribution is 2.36. The van der Waals surface area contributed by atoms with Gasteiger partial charge in [-0.2, -0.15) is 0 Å². The highest BCUT2D eigenvalue weighted by molar-refractivity contribution is 5.95. The molecule has 1 unspecified atom stereocenters. The number of piperidine rings is 1. The molecule has 2 aliphatic heterocycles. The van der Waals surface area contributed by atoms with Crippen LogP contribution in [0.25, 0.3) is 0 Å². The molecule has 34 heavy (non-hydrogen) atoms. The summed E-state index contributed by atoms with van der Waals surface area (Å²) in [5.41, 5.74) is 2.28. The van der Waals surface area contributed by atoms with Crippen molar-refractivity contribution < 1.29 is 14.3 Å². The van der Waals surface area contributed by atoms with E-state index in [9.17, 15) is 9.59 Å². The number of aromatic nitrogens is 2. The molecule has 0 spiro atoms. The largest absolute Gasteiger partial charge is 0.363 e. The van der Waals surface area contributed by atoms with E-state index in [1.54, 1.807) is 12.5 Å². The Morgan fingerprint density at radius 2 is 1.91 bits per heavy atom. The van der Waals surface area contributed by atoms with Gasteiger partial charge in [-0.1, -0.05) is 30.3 Å². The minimum absolute atomic E-state index is 0.00753. The number of anilines is 1. The second kappa shape index (κ2) is 9.43. The molecule has 2 fully saturated rings. The van der Waals surface area contributed by atoms with Crippen molar-refractivity contribution >= 4 is 17.5 Å². The Balaban J connectivity index is 1.22. The van der Waals surface area contributed by atoms with Gasteiger partial charge in [0, 0.05) is 43.3 Å². The number of hydrogen-bond acceptors (Lipinski definition) is 4. The van der Waals surface area contributed by atoms with Gasteiger partial charge < -0.3 is 19.1 Å². The molecule has 0 aliphatic carbocycles. The minimum Gasteiger partial charge on any atom is -0.363 e. The van der Waals surface area contributed by atoms with Gasteiger partial charge in [0.1, 0.15) is 6.61 Å². The van der Waals surface area contributed by atoms with Gasteiger partial charge in [-0.25, -0.2) is 4.98 Å². The zero-order valence-corrected chi connectivity index (χ0v) is 19.5. The van der Waals surface area contributed by atoms with Crippen LogP contribution in [0.1, 0.15) is 35.7 Å². The summed E-state index contributed by atoms with van der Waals surface area (Å²) in [7, 11) is 0. The highest BCUT2D eigenvalue weighted by Gasteiger charge is 2.44. The number of imidazole rings is 1. The molecule has 1 aromatic heterocycles. The molecule has 3 heterocycles. The first-order chi connectivity index (χ1) is 16.5. The molecule has 0 saturated carbocycles. The molecule has 0 radical (unpaired) electrons. The summed E-state index contributed by atoms with van der Waals surface area (Å²) in [6.07, 6.45) is 7.16. The average molecular weight is 459 g/mol. The molecule has 5 rings (SSSR count). The summed E-state index contributed by atoms with van der Waals surface area (Å²) in [5.74, 6) is 0.344. The van der Waals surface area contributed by atoms with Crippen LogP contribution < -0.4 is 4.90 Å². The van der Waals surface area contributed by atoms with Crippen LogP contribution in [0.4, 0.5) is 5.69 Å². The Labute approximate surface area is 200 Å². The molecule has 0 N–H and O–H groups in total. The second-order valence-corrected chi connectivity index (χ2v) is 9.42. The fourth-order valence-electron chi connectivity index (χ4n) is 5.11. The Bertz CT molecular complexity index is 1140.